The van der Waals surface area contributed by atoms with E-state index in [1.165, 1.54) is 0 Å². The third-order valence-electron chi connectivity index (χ3n) is 1.91. The molecule has 0 aromatic heterocycles. The van der Waals surface area contributed by atoms with Gasteiger partial charge < -0.3 is 9.47 Å². The Morgan fingerprint density at radius 3 is 1.41 bits per heavy atom. The summed E-state index contributed by atoms with van der Waals surface area (Å²) in [7, 11) is 0. The van der Waals surface area contributed by atoms with Crippen LogP contribution in [-0.2, 0) is 9.47 Å². The third-order valence-corrected chi connectivity index (χ3v) is 1.91. The number of rotatable bonds is 4. The van der Waals surface area contributed by atoms with Gasteiger partial charge in [-0.3, -0.25) is 0 Å². The van der Waals surface area contributed by atoms with Crippen molar-refractivity contribution in [3.8, 4) is 0 Å². The number of hydrogen-bond donors (Lipinski definition) is 0. The minimum Gasteiger partial charge on any atom is -0.462 e. The summed E-state index contributed by atoms with van der Waals surface area (Å²) >= 11 is 0. The van der Waals surface area contributed by atoms with Crippen LogP contribution >= 0.6 is 0 Å². The molecular weight excluding hydrogens is 231 g/mol. The van der Waals surface area contributed by atoms with Gasteiger partial charge in [-0.2, -0.15) is 0 Å². The van der Waals surface area contributed by atoms with Crippen molar-refractivity contribution in [1.29, 1.82) is 0 Å². The van der Waals surface area contributed by atoms with Crippen molar-refractivity contribution in [2.45, 2.75) is 13.8 Å². The molecule has 0 saturated heterocycles. The van der Waals surface area contributed by atoms with Crippen molar-refractivity contribution in [3.05, 3.63) is 35.4 Å². The summed E-state index contributed by atoms with van der Waals surface area (Å²) in [6.45, 7) is 4.15. The fourth-order valence-corrected chi connectivity index (χ4v) is 1.17. The largest absolute Gasteiger partial charge is 0.462 e. The molecule has 0 spiro atoms. The standard InChI is InChI=1S/C12H14O4.Na/c1-3-15-11(13)9-5-7-10(8-6-9)12(14)16-4-2;/h5-8H,3-4H2,1-2H3;. The van der Waals surface area contributed by atoms with Crippen LogP contribution in [0, 0.1) is 0 Å². The van der Waals surface area contributed by atoms with Crippen LogP contribution in [0.3, 0.4) is 0 Å². The summed E-state index contributed by atoms with van der Waals surface area (Å²) < 4.78 is 9.64. The summed E-state index contributed by atoms with van der Waals surface area (Å²) in [6.07, 6.45) is 0. The molecule has 5 heteroatoms. The van der Waals surface area contributed by atoms with Gasteiger partial charge in [0.2, 0.25) is 0 Å². The molecule has 4 nitrogen and oxygen atoms in total. The Bertz CT molecular complexity index is 336. The van der Waals surface area contributed by atoms with Crippen molar-refractivity contribution in [3.63, 3.8) is 0 Å². The van der Waals surface area contributed by atoms with Crippen LogP contribution in [0.5, 0.6) is 0 Å². The van der Waals surface area contributed by atoms with Gasteiger partial charge in [-0.05, 0) is 38.1 Å². The third kappa shape index (κ3) is 4.89. The molecule has 0 aliphatic heterocycles. The van der Waals surface area contributed by atoms with Gasteiger partial charge in [0.25, 0.3) is 0 Å². The van der Waals surface area contributed by atoms with Crippen LogP contribution in [0.15, 0.2) is 24.3 Å². The molecule has 0 N–H and O–H groups in total. The number of ether oxygens (including phenoxy) is 2. The second kappa shape index (κ2) is 8.28. The molecule has 87 valence electrons. The number of esters is 2. The zero-order valence-electron chi connectivity index (χ0n) is 10.4. The maximum Gasteiger partial charge on any atom is 0.338 e. The Morgan fingerprint density at radius 1 is 0.882 bits per heavy atom. The topological polar surface area (TPSA) is 52.6 Å². The Morgan fingerprint density at radius 2 is 1.18 bits per heavy atom. The van der Waals surface area contributed by atoms with E-state index in [4.69, 9.17) is 9.47 Å². The van der Waals surface area contributed by atoms with Crippen molar-refractivity contribution in [1.82, 2.24) is 0 Å². The Hall–Kier alpha value is -0.840. The summed E-state index contributed by atoms with van der Waals surface area (Å²) in [5.74, 6) is -0.782. The van der Waals surface area contributed by atoms with Crippen LogP contribution in [0.4, 0.5) is 0 Å². The maximum absolute atomic E-state index is 11.3. The van der Waals surface area contributed by atoms with E-state index in [0.717, 1.165) is 0 Å². The normalized spacial score (nSPS) is 9.06. The van der Waals surface area contributed by atoms with Gasteiger partial charge >= 0.3 is 11.9 Å². The molecule has 0 aliphatic carbocycles. The predicted octanol–water partition coefficient (Wildman–Crippen LogP) is 1.66. The molecule has 1 rings (SSSR count). The van der Waals surface area contributed by atoms with Crippen LogP contribution in [0.1, 0.15) is 34.6 Å². The SMILES string of the molecule is CCOC(=O)c1ccc(C(=O)OCC)cc1.[Na]. The molecule has 1 aromatic carbocycles. The Labute approximate surface area is 123 Å². The zero-order valence-corrected chi connectivity index (χ0v) is 12.4. The summed E-state index contributed by atoms with van der Waals surface area (Å²) in [4.78, 5) is 22.6. The molecule has 1 aromatic rings. The molecule has 0 amide bonds. The minimum atomic E-state index is -0.391. The quantitative estimate of drug-likeness (QED) is 0.598. The first-order valence-electron chi connectivity index (χ1n) is 5.13. The molecule has 0 heterocycles. The predicted molar refractivity (Wildman–Crippen MR) is 64.1 cm³/mol. The number of carbonyl (C=O) groups excluding carboxylic acids is 2. The first-order chi connectivity index (χ1) is 7.69. The number of carbonyl (C=O) groups is 2. The summed E-state index contributed by atoms with van der Waals surface area (Å²) in [5.41, 5.74) is 0.852. The van der Waals surface area contributed by atoms with E-state index in [-0.39, 0.29) is 29.6 Å². The molecule has 1 radical (unpaired) electrons. The maximum atomic E-state index is 11.3. The average Bonchev–Trinajstić information content (AvgIpc) is 2.30. The van der Waals surface area contributed by atoms with Gasteiger partial charge in [0.05, 0.1) is 24.3 Å². The van der Waals surface area contributed by atoms with Crippen molar-refractivity contribution in [2.24, 2.45) is 0 Å². The van der Waals surface area contributed by atoms with E-state index >= 15 is 0 Å². The molecule has 17 heavy (non-hydrogen) atoms. The van der Waals surface area contributed by atoms with Gasteiger partial charge in [-0.25, -0.2) is 9.59 Å². The van der Waals surface area contributed by atoms with Gasteiger partial charge in [0.1, 0.15) is 0 Å². The van der Waals surface area contributed by atoms with Crippen LogP contribution < -0.4 is 0 Å². The monoisotopic (exact) mass is 245 g/mol. The summed E-state index contributed by atoms with van der Waals surface area (Å²) in [5, 5.41) is 0. The second-order valence-electron chi connectivity index (χ2n) is 3.02. The van der Waals surface area contributed by atoms with E-state index in [0.29, 0.717) is 24.3 Å². The number of hydrogen-bond acceptors (Lipinski definition) is 4. The average molecular weight is 245 g/mol. The molecule has 0 saturated carbocycles. The van der Waals surface area contributed by atoms with Crippen molar-refractivity contribution < 1.29 is 19.1 Å². The molecule has 0 bridgehead atoms. The van der Waals surface area contributed by atoms with E-state index in [9.17, 15) is 9.59 Å². The van der Waals surface area contributed by atoms with Crippen molar-refractivity contribution in [2.75, 3.05) is 13.2 Å². The Kier molecular flexibility index (Phi) is 7.87. The van der Waals surface area contributed by atoms with Crippen LogP contribution in [-0.4, -0.2) is 54.7 Å². The molecule has 0 fully saturated rings. The smallest absolute Gasteiger partial charge is 0.338 e. The Balaban J connectivity index is 0.00000256. The molecular formula is C12H14NaO4. The minimum absolute atomic E-state index is 0. The van der Waals surface area contributed by atoms with Gasteiger partial charge in [0.15, 0.2) is 0 Å². The van der Waals surface area contributed by atoms with Gasteiger partial charge in [0, 0.05) is 29.6 Å². The molecule has 0 unspecified atom stereocenters. The van der Waals surface area contributed by atoms with Crippen LogP contribution in [0.2, 0.25) is 0 Å². The van der Waals surface area contributed by atoms with Crippen molar-refractivity contribution >= 4 is 41.5 Å². The fraction of sp³-hybridized carbons (Fsp3) is 0.333. The first kappa shape index (κ1) is 16.2. The van der Waals surface area contributed by atoms with E-state index in [1.807, 2.05) is 0 Å². The molecule has 0 atom stereocenters. The molecule has 0 aliphatic rings. The first-order valence-corrected chi connectivity index (χ1v) is 5.13. The zero-order chi connectivity index (χ0) is 12.0. The van der Waals surface area contributed by atoms with E-state index < -0.39 is 11.9 Å². The van der Waals surface area contributed by atoms with E-state index in [2.05, 4.69) is 0 Å². The van der Waals surface area contributed by atoms with Crippen LogP contribution in [0.25, 0.3) is 0 Å². The summed E-state index contributed by atoms with van der Waals surface area (Å²) in [6, 6.07) is 6.18. The fourth-order valence-electron chi connectivity index (χ4n) is 1.17. The van der Waals surface area contributed by atoms with Gasteiger partial charge in [-0.1, -0.05) is 0 Å². The number of benzene rings is 1. The second-order valence-corrected chi connectivity index (χ2v) is 3.02. The van der Waals surface area contributed by atoms with E-state index in [1.54, 1.807) is 38.1 Å². The van der Waals surface area contributed by atoms with Gasteiger partial charge in [-0.15, -0.1) is 0 Å².